The molecule has 1 fully saturated rings. The molecule has 0 aliphatic carbocycles. The predicted molar refractivity (Wildman–Crippen MR) is 125 cm³/mol. The van der Waals surface area contributed by atoms with Gasteiger partial charge < -0.3 is 10.6 Å². The number of nitrogens with zero attached hydrogens (tertiary/aromatic N) is 8. The Bertz CT molecular complexity index is 1520. The maximum Gasteiger partial charge on any atom is 0.243 e. The van der Waals surface area contributed by atoms with Crippen molar-refractivity contribution in [3.63, 3.8) is 0 Å². The maximum atomic E-state index is 13.5. The summed E-state index contributed by atoms with van der Waals surface area (Å²) >= 11 is 0. The normalized spacial score (nSPS) is 14.9. The molecular weight excluding hydrogens is 454 g/mol. The van der Waals surface area contributed by atoms with Crippen LogP contribution in [0.1, 0.15) is 11.1 Å². The lowest BCUT2D eigenvalue weighted by atomic mass is 10.1. The molecule has 4 heterocycles. The number of pyridine rings is 1. The minimum atomic E-state index is -3.71. The summed E-state index contributed by atoms with van der Waals surface area (Å²) in [7, 11) is -3.71. The van der Waals surface area contributed by atoms with Crippen molar-refractivity contribution in [2.24, 2.45) is 0 Å². The summed E-state index contributed by atoms with van der Waals surface area (Å²) in [4.78, 5) is 14.8. The van der Waals surface area contributed by atoms with Crippen LogP contribution in [0.3, 0.4) is 0 Å². The number of benzene rings is 1. The molecule has 0 atom stereocenters. The van der Waals surface area contributed by atoms with Crippen molar-refractivity contribution in [3.05, 3.63) is 60.2 Å². The third-order valence-corrected chi connectivity index (χ3v) is 7.79. The fraction of sp³-hybridized carbons (Fsp3) is 0.227. The van der Waals surface area contributed by atoms with E-state index in [0.717, 1.165) is 11.4 Å². The lowest BCUT2D eigenvalue weighted by molar-refractivity contribution is 0.384. The van der Waals surface area contributed by atoms with Crippen LogP contribution in [0.15, 0.2) is 53.9 Å². The zero-order valence-electron chi connectivity index (χ0n) is 18.3. The molecule has 0 bridgehead atoms. The Morgan fingerprint density at radius 2 is 1.82 bits per heavy atom. The van der Waals surface area contributed by atoms with Crippen molar-refractivity contribution in [1.29, 1.82) is 5.26 Å². The van der Waals surface area contributed by atoms with E-state index in [1.165, 1.54) is 16.8 Å². The number of nitrogens with two attached hydrogens (primary N) is 1. The smallest absolute Gasteiger partial charge is 0.243 e. The van der Waals surface area contributed by atoms with Crippen LogP contribution in [0.5, 0.6) is 0 Å². The Balaban J connectivity index is 1.40. The molecule has 0 amide bonds. The van der Waals surface area contributed by atoms with Crippen LogP contribution in [-0.2, 0) is 10.0 Å². The van der Waals surface area contributed by atoms with E-state index in [-0.39, 0.29) is 10.7 Å². The number of rotatable bonds is 4. The minimum absolute atomic E-state index is 0.204. The van der Waals surface area contributed by atoms with Gasteiger partial charge in [-0.05, 0) is 36.8 Å². The second kappa shape index (κ2) is 8.36. The van der Waals surface area contributed by atoms with Crippen molar-refractivity contribution in [1.82, 2.24) is 28.9 Å². The average molecular weight is 476 g/mol. The Labute approximate surface area is 196 Å². The Morgan fingerprint density at radius 3 is 2.53 bits per heavy atom. The molecule has 0 radical (unpaired) electrons. The first-order valence-electron chi connectivity index (χ1n) is 10.5. The summed E-state index contributed by atoms with van der Waals surface area (Å²) in [5, 5.41) is 13.2. The Hall–Kier alpha value is -4.08. The van der Waals surface area contributed by atoms with Gasteiger partial charge in [0.1, 0.15) is 18.2 Å². The molecule has 4 aromatic rings. The standard InChI is InChI=1S/C22H21N9O2S/c1-15-2-4-17(10-18(15)19-13-26-22-21(24)27-14-28-31(19)22)34(32,33)30-8-6-29(7-9-30)20-5-3-16(11-23)12-25-20/h2-5,10,12-14H,6-9H2,1H3,(H2,24,27,28). The first kappa shape index (κ1) is 21.7. The SMILES string of the molecule is Cc1ccc(S(=O)(=O)N2CCN(c3ccc(C#N)cn3)CC2)cc1-c1cnc2c(N)ncnn12. The van der Waals surface area contributed by atoms with E-state index in [2.05, 4.69) is 20.1 Å². The highest BCUT2D eigenvalue weighted by Gasteiger charge is 2.29. The molecule has 2 N–H and O–H groups in total. The molecule has 0 saturated carbocycles. The lowest BCUT2D eigenvalue weighted by Crippen LogP contribution is -2.48. The molecule has 34 heavy (non-hydrogen) atoms. The van der Waals surface area contributed by atoms with Crippen LogP contribution in [0.2, 0.25) is 0 Å². The van der Waals surface area contributed by atoms with Crippen molar-refractivity contribution in [3.8, 4) is 17.3 Å². The molecule has 3 aromatic heterocycles. The monoisotopic (exact) mass is 475 g/mol. The third kappa shape index (κ3) is 3.70. The summed E-state index contributed by atoms with van der Waals surface area (Å²) in [6.07, 6.45) is 4.47. The van der Waals surface area contributed by atoms with Gasteiger partial charge in [-0.2, -0.15) is 14.7 Å². The van der Waals surface area contributed by atoms with Crippen LogP contribution in [-0.4, -0.2) is 63.5 Å². The highest BCUT2D eigenvalue weighted by molar-refractivity contribution is 7.89. The fourth-order valence-corrected chi connectivity index (χ4v) is 5.45. The van der Waals surface area contributed by atoms with Gasteiger partial charge in [0, 0.05) is 37.9 Å². The number of nitriles is 1. The van der Waals surface area contributed by atoms with Gasteiger partial charge in [-0.25, -0.2) is 27.9 Å². The number of nitrogen functional groups attached to an aromatic ring is 1. The number of anilines is 2. The van der Waals surface area contributed by atoms with Crippen LogP contribution < -0.4 is 10.6 Å². The average Bonchev–Trinajstić information content (AvgIpc) is 3.30. The maximum absolute atomic E-state index is 13.5. The van der Waals surface area contributed by atoms with Gasteiger partial charge in [0.15, 0.2) is 11.5 Å². The predicted octanol–water partition coefficient (Wildman–Crippen LogP) is 1.46. The van der Waals surface area contributed by atoms with Gasteiger partial charge in [0.2, 0.25) is 10.0 Å². The molecule has 5 rings (SSSR count). The van der Waals surface area contributed by atoms with E-state index in [1.807, 2.05) is 17.9 Å². The summed E-state index contributed by atoms with van der Waals surface area (Å²) in [6.45, 7) is 3.55. The summed E-state index contributed by atoms with van der Waals surface area (Å²) in [5.41, 5.74) is 9.01. The van der Waals surface area contributed by atoms with Crippen molar-refractivity contribution in [2.45, 2.75) is 11.8 Å². The Morgan fingerprint density at radius 1 is 1.03 bits per heavy atom. The second-order valence-corrected chi connectivity index (χ2v) is 9.85. The topological polar surface area (TPSA) is 146 Å². The molecule has 1 saturated heterocycles. The molecule has 0 spiro atoms. The van der Waals surface area contributed by atoms with Crippen molar-refractivity contribution >= 4 is 27.3 Å². The number of aryl methyl sites for hydroxylation is 1. The molecule has 172 valence electrons. The summed E-state index contributed by atoms with van der Waals surface area (Å²) < 4.78 is 29.9. The van der Waals surface area contributed by atoms with Gasteiger partial charge in [-0.1, -0.05) is 6.07 Å². The molecular formula is C22H21N9O2S. The van der Waals surface area contributed by atoms with Gasteiger partial charge in [-0.15, -0.1) is 0 Å². The van der Waals surface area contributed by atoms with Crippen molar-refractivity contribution < 1.29 is 8.42 Å². The second-order valence-electron chi connectivity index (χ2n) is 7.91. The highest BCUT2D eigenvalue weighted by atomic mass is 32.2. The van der Waals surface area contributed by atoms with E-state index >= 15 is 0 Å². The molecule has 0 unspecified atom stereocenters. The molecule has 12 heteroatoms. The zero-order valence-corrected chi connectivity index (χ0v) is 19.1. The number of sulfonamides is 1. The highest BCUT2D eigenvalue weighted by Crippen LogP contribution is 2.29. The number of hydrogen-bond acceptors (Lipinski definition) is 9. The molecule has 11 nitrogen and oxygen atoms in total. The molecule has 1 aliphatic rings. The van der Waals surface area contributed by atoms with E-state index in [4.69, 9.17) is 11.0 Å². The van der Waals surface area contributed by atoms with E-state index in [9.17, 15) is 8.42 Å². The minimum Gasteiger partial charge on any atom is -0.381 e. The van der Waals surface area contributed by atoms with Crippen LogP contribution in [0, 0.1) is 18.3 Å². The van der Waals surface area contributed by atoms with Crippen LogP contribution in [0.4, 0.5) is 11.6 Å². The van der Waals surface area contributed by atoms with Crippen molar-refractivity contribution in [2.75, 3.05) is 36.8 Å². The largest absolute Gasteiger partial charge is 0.381 e. The number of imidazole rings is 1. The van der Waals surface area contributed by atoms with E-state index in [1.54, 1.807) is 41.0 Å². The van der Waals surface area contributed by atoms with Gasteiger partial charge in [0.25, 0.3) is 0 Å². The van der Waals surface area contributed by atoms with E-state index in [0.29, 0.717) is 48.6 Å². The molecule has 1 aromatic carbocycles. The first-order valence-corrected chi connectivity index (χ1v) is 12.0. The summed E-state index contributed by atoms with van der Waals surface area (Å²) in [6, 6.07) is 10.6. The number of aromatic nitrogens is 5. The van der Waals surface area contributed by atoms with Gasteiger partial charge >= 0.3 is 0 Å². The number of piperazine rings is 1. The lowest BCUT2D eigenvalue weighted by Gasteiger charge is -2.34. The number of hydrogen-bond donors (Lipinski definition) is 1. The Kier molecular flexibility index (Phi) is 5.35. The summed E-state index contributed by atoms with van der Waals surface area (Å²) in [5.74, 6) is 0.972. The van der Waals surface area contributed by atoms with Gasteiger partial charge in [0.05, 0.1) is 22.3 Å². The van der Waals surface area contributed by atoms with Gasteiger partial charge in [-0.3, -0.25) is 0 Å². The number of fused-ring (bicyclic) bond motifs is 1. The van der Waals surface area contributed by atoms with Crippen LogP contribution in [0.25, 0.3) is 16.9 Å². The third-order valence-electron chi connectivity index (χ3n) is 5.89. The van der Waals surface area contributed by atoms with Crippen LogP contribution >= 0.6 is 0 Å². The quantitative estimate of drug-likeness (QED) is 0.463. The first-order chi connectivity index (χ1) is 16.4. The fourth-order valence-electron chi connectivity index (χ4n) is 4.00. The molecule has 1 aliphatic heterocycles. The zero-order chi connectivity index (χ0) is 23.9. The van der Waals surface area contributed by atoms with E-state index < -0.39 is 10.0 Å².